The monoisotopic (exact) mass is 249 g/mol. The molecule has 1 heterocycles. The lowest BCUT2D eigenvalue weighted by Crippen LogP contribution is -1.92. The topological polar surface area (TPSA) is 64.9 Å². The first kappa shape index (κ1) is 11.7. The average Bonchev–Trinajstić information content (AvgIpc) is 2.30. The van der Waals surface area contributed by atoms with E-state index in [1.165, 1.54) is 12.1 Å². The van der Waals surface area contributed by atoms with Gasteiger partial charge in [-0.15, -0.1) is 11.8 Å². The zero-order valence-corrected chi connectivity index (χ0v) is 9.88. The number of nitrogens with zero attached hydrogens (tertiary/aromatic N) is 1. The molecule has 2 aromatic rings. The predicted octanol–water partition coefficient (Wildman–Crippen LogP) is 2.68. The number of halogens is 1. The molecule has 0 aliphatic rings. The Labute approximate surface area is 103 Å². The molecule has 3 nitrogen and oxygen atoms in total. The van der Waals surface area contributed by atoms with Gasteiger partial charge in [-0.3, -0.25) is 0 Å². The van der Waals surface area contributed by atoms with Crippen LogP contribution in [0, 0.1) is 5.82 Å². The highest BCUT2D eigenvalue weighted by Gasteiger charge is 2.02. The van der Waals surface area contributed by atoms with Crippen molar-refractivity contribution in [1.82, 2.24) is 4.98 Å². The second kappa shape index (κ2) is 5.05. The number of anilines is 2. The van der Waals surface area contributed by atoms with Crippen LogP contribution < -0.4 is 11.5 Å². The SMILES string of the molecule is Nc1ccc(CSc2ccc(F)cc2N)cn1. The van der Waals surface area contributed by atoms with Crippen LogP contribution in [0.1, 0.15) is 5.56 Å². The van der Waals surface area contributed by atoms with Gasteiger partial charge in [-0.2, -0.15) is 0 Å². The third-order valence-corrected chi connectivity index (χ3v) is 3.37. The molecule has 0 spiro atoms. The van der Waals surface area contributed by atoms with Crippen LogP contribution in [0.5, 0.6) is 0 Å². The first-order valence-corrected chi connectivity index (χ1v) is 6.02. The molecule has 0 atom stereocenters. The van der Waals surface area contributed by atoms with Crippen LogP contribution in [0.2, 0.25) is 0 Å². The molecule has 0 bridgehead atoms. The third kappa shape index (κ3) is 3.10. The van der Waals surface area contributed by atoms with Crippen molar-refractivity contribution in [3.63, 3.8) is 0 Å². The minimum Gasteiger partial charge on any atom is -0.398 e. The maximum absolute atomic E-state index is 12.8. The van der Waals surface area contributed by atoms with Crippen molar-refractivity contribution in [3.8, 4) is 0 Å². The van der Waals surface area contributed by atoms with Gasteiger partial charge in [0.15, 0.2) is 0 Å². The van der Waals surface area contributed by atoms with Crippen LogP contribution in [-0.4, -0.2) is 4.98 Å². The first-order chi connectivity index (χ1) is 8.15. The third-order valence-electron chi connectivity index (χ3n) is 2.21. The largest absolute Gasteiger partial charge is 0.398 e. The molecular weight excluding hydrogens is 237 g/mol. The van der Waals surface area contributed by atoms with Gasteiger partial charge in [-0.05, 0) is 29.8 Å². The summed E-state index contributed by atoms with van der Waals surface area (Å²) in [6.07, 6.45) is 1.72. The Morgan fingerprint density at radius 3 is 2.65 bits per heavy atom. The molecule has 0 aliphatic carbocycles. The maximum Gasteiger partial charge on any atom is 0.125 e. The summed E-state index contributed by atoms with van der Waals surface area (Å²) in [6, 6.07) is 8.07. The van der Waals surface area contributed by atoms with Crippen LogP contribution >= 0.6 is 11.8 Å². The standard InChI is InChI=1S/C12H12FN3S/c13-9-2-3-11(10(14)5-9)17-7-8-1-4-12(15)16-6-8/h1-6H,7,14H2,(H2,15,16). The summed E-state index contributed by atoms with van der Waals surface area (Å²) in [5.74, 6) is 0.907. The Hall–Kier alpha value is -1.75. The summed E-state index contributed by atoms with van der Waals surface area (Å²) >= 11 is 1.54. The summed E-state index contributed by atoms with van der Waals surface area (Å²) in [6.45, 7) is 0. The summed E-state index contributed by atoms with van der Waals surface area (Å²) < 4.78 is 12.8. The number of nitrogens with two attached hydrogens (primary N) is 2. The van der Waals surface area contributed by atoms with Gasteiger partial charge in [0.2, 0.25) is 0 Å². The molecule has 1 aromatic heterocycles. The highest BCUT2D eigenvalue weighted by atomic mass is 32.2. The Morgan fingerprint density at radius 2 is 2.00 bits per heavy atom. The molecule has 2 rings (SSSR count). The minimum absolute atomic E-state index is 0.319. The maximum atomic E-state index is 12.8. The van der Waals surface area contributed by atoms with Crippen molar-refractivity contribution in [1.29, 1.82) is 0 Å². The van der Waals surface area contributed by atoms with Gasteiger partial charge < -0.3 is 11.5 Å². The normalized spacial score (nSPS) is 10.4. The molecule has 1 aromatic carbocycles. The summed E-state index contributed by atoms with van der Waals surface area (Å²) in [5, 5.41) is 0. The van der Waals surface area contributed by atoms with E-state index in [4.69, 9.17) is 11.5 Å². The second-order valence-electron chi connectivity index (χ2n) is 3.56. The van der Waals surface area contributed by atoms with Gasteiger partial charge in [0.1, 0.15) is 11.6 Å². The molecule has 0 saturated heterocycles. The summed E-state index contributed by atoms with van der Waals surface area (Å²) in [5.41, 5.74) is 12.7. The fourth-order valence-electron chi connectivity index (χ4n) is 1.33. The smallest absolute Gasteiger partial charge is 0.125 e. The molecule has 0 saturated carbocycles. The molecule has 0 fully saturated rings. The van der Waals surface area contributed by atoms with E-state index in [0.29, 0.717) is 11.5 Å². The Bertz CT molecular complexity index is 514. The lowest BCUT2D eigenvalue weighted by Gasteiger charge is -2.05. The lowest BCUT2D eigenvalue weighted by molar-refractivity contribution is 0.627. The minimum atomic E-state index is -0.319. The van der Waals surface area contributed by atoms with Crippen LogP contribution in [0.3, 0.4) is 0 Å². The number of hydrogen-bond donors (Lipinski definition) is 2. The van der Waals surface area contributed by atoms with Gasteiger partial charge in [-0.25, -0.2) is 9.37 Å². The molecule has 0 amide bonds. The van der Waals surface area contributed by atoms with Crippen molar-refractivity contribution >= 4 is 23.3 Å². The van der Waals surface area contributed by atoms with E-state index in [0.717, 1.165) is 16.2 Å². The summed E-state index contributed by atoms with van der Waals surface area (Å²) in [4.78, 5) is 4.87. The Morgan fingerprint density at radius 1 is 1.18 bits per heavy atom. The lowest BCUT2D eigenvalue weighted by atomic mass is 10.3. The van der Waals surface area contributed by atoms with Gasteiger partial charge in [0.05, 0.1) is 0 Å². The van der Waals surface area contributed by atoms with Gasteiger partial charge >= 0.3 is 0 Å². The molecule has 0 aliphatic heterocycles. The van der Waals surface area contributed by atoms with Crippen LogP contribution in [-0.2, 0) is 5.75 Å². The average molecular weight is 249 g/mol. The molecule has 0 unspecified atom stereocenters. The van der Waals surface area contributed by atoms with E-state index < -0.39 is 0 Å². The fourth-order valence-corrected chi connectivity index (χ4v) is 2.22. The van der Waals surface area contributed by atoms with Gasteiger partial charge in [-0.1, -0.05) is 6.07 Å². The molecule has 5 heteroatoms. The summed E-state index contributed by atoms with van der Waals surface area (Å²) in [7, 11) is 0. The highest BCUT2D eigenvalue weighted by Crippen LogP contribution is 2.28. The van der Waals surface area contributed by atoms with Crippen molar-refractivity contribution in [2.75, 3.05) is 11.5 Å². The van der Waals surface area contributed by atoms with Gasteiger partial charge in [0, 0.05) is 22.5 Å². The van der Waals surface area contributed by atoms with Crippen molar-refractivity contribution in [3.05, 3.63) is 47.9 Å². The number of benzene rings is 1. The number of nitrogen functional groups attached to an aromatic ring is 2. The van der Waals surface area contributed by atoms with E-state index in [1.54, 1.807) is 30.1 Å². The van der Waals surface area contributed by atoms with E-state index in [9.17, 15) is 4.39 Å². The Kier molecular flexibility index (Phi) is 3.49. The number of aromatic nitrogens is 1. The predicted molar refractivity (Wildman–Crippen MR) is 69.0 cm³/mol. The quantitative estimate of drug-likeness (QED) is 0.648. The molecule has 4 N–H and O–H groups in total. The zero-order valence-electron chi connectivity index (χ0n) is 9.06. The number of hydrogen-bond acceptors (Lipinski definition) is 4. The Balaban J connectivity index is 2.04. The van der Waals surface area contributed by atoms with Crippen molar-refractivity contribution in [2.45, 2.75) is 10.6 Å². The first-order valence-electron chi connectivity index (χ1n) is 5.03. The van der Waals surface area contributed by atoms with Crippen molar-refractivity contribution < 1.29 is 4.39 Å². The second-order valence-corrected chi connectivity index (χ2v) is 4.58. The number of thioether (sulfide) groups is 1. The fraction of sp³-hybridized carbons (Fsp3) is 0.0833. The highest BCUT2D eigenvalue weighted by molar-refractivity contribution is 7.98. The van der Waals surface area contributed by atoms with E-state index >= 15 is 0 Å². The van der Waals surface area contributed by atoms with E-state index in [2.05, 4.69) is 4.98 Å². The van der Waals surface area contributed by atoms with Crippen LogP contribution in [0.4, 0.5) is 15.9 Å². The van der Waals surface area contributed by atoms with Crippen LogP contribution in [0.15, 0.2) is 41.4 Å². The van der Waals surface area contributed by atoms with E-state index in [-0.39, 0.29) is 5.82 Å². The van der Waals surface area contributed by atoms with Gasteiger partial charge in [0.25, 0.3) is 0 Å². The number of rotatable bonds is 3. The molecular formula is C12H12FN3S. The van der Waals surface area contributed by atoms with Crippen LogP contribution in [0.25, 0.3) is 0 Å². The van der Waals surface area contributed by atoms with Crippen molar-refractivity contribution in [2.24, 2.45) is 0 Å². The number of pyridine rings is 1. The molecule has 17 heavy (non-hydrogen) atoms. The zero-order chi connectivity index (χ0) is 12.3. The molecule has 88 valence electrons. The van der Waals surface area contributed by atoms with E-state index in [1.807, 2.05) is 6.07 Å². The molecule has 0 radical (unpaired) electrons.